The maximum Gasteiger partial charge on any atom is 0.410 e. The molecule has 0 saturated carbocycles. The molecule has 1 amide bonds. The molecule has 0 aromatic carbocycles. The smallest absolute Gasteiger partial charge is 0.410 e. The molecular formula is C19H31N3O2. The van der Waals surface area contributed by atoms with Crippen molar-refractivity contribution in [2.24, 2.45) is 0 Å². The zero-order valence-corrected chi connectivity index (χ0v) is 15.9. The van der Waals surface area contributed by atoms with Crippen LogP contribution in [-0.4, -0.2) is 48.3 Å². The van der Waals surface area contributed by atoms with Gasteiger partial charge in [-0.1, -0.05) is 13.0 Å². The third kappa shape index (κ3) is 4.40. The van der Waals surface area contributed by atoms with Crippen molar-refractivity contribution in [2.45, 2.75) is 59.0 Å². The van der Waals surface area contributed by atoms with E-state index in [0.717, 1.165) is 30.9 Å². The predicted molar refractivity (Wildman–Crippen MR) is 97.7 cm³/mol. The van der Waals surface area contributed by atoms with Gasteiger partial charge >= 0.3 is 6.09 Å². The monoisotopic (exact) mass is 333 g/mol. The van der Waals surface area contributed by atoms with Crippen molar-refractivity contribution in [1.29, 1.82) is 0 Å². The maximum atomic E-state index is 12.5. The Hall–Kier alpha value is -1.78. The minimum absolute atomic E-state index is 0.223. The molecule has 0 aliphatic carbocycles. The number of nitrogens with zero attached hydrogens (tertiary/aromatic N) is 3. The molecule has 1 atom stereocenters. The van der Waals surface area contributed by atoms with Crippen LogP contribution in [0.25, 0.3) is 0 Å². The van der Waals surface area contributed by atoms with Crippen molar-refractivity contribution >= 4 is 11.9 Å². The minimum atomic E-state index is -0.465. The third-order valence-corrected chi connectivity index (χ3v) is 4.49. The van der Waals surface area contributed by atoms with Gasteiger partial charge in [0.25, 0.3) is 0 Å². The highest BCUT2D eigenvalue weighted by Gasteiger charge is 2.29. The molecule has 0 radical (unpaired) electrons. The summed E-state index contributed by atoms with van der Waals surface area (Å²) in [4.78, 5) is 21.4. The van der Waals surface area contributed by atoms with Crippen LogP contribution < -0.4 is 4.90 Å². The molecule has 0 N–H and O–H groups in total. The summed E-state index contributed by atoms with van der Waals surface area (Å²) in [6.45, 7) is 12.3. The Kier molecular flexibility index (Phi) is 5.73. The highest BCUT2D eigenvalue weighted by molar-refractivity contribution is 5.68. The molecule has 0 spiro atoms. The van der Waals surface area contributed by atoms with Crippen LogP contribution in [0.2, 0.25) is 0 Å². The zero-order valence-electron chi connectivity index (χ0n) is 15.9. The van der Waals surface area contributed by atoms with E-state index in [4.69, 9.17) is 9.72 Å². The lowest BCUT2D eigenvalue weighted by Gasteiger charge is -2.28. The topological polar surface area (TPSA) is 45.7 Å². The van der Waals surface area contributed by atoms with Gasteiger partial charge in [0, 0.05) is 32.6 Å². The number of fused-ring (bicyclic) bond motifs is 1. The SMILES string of the molecule is CCC1CN(C(=O)OC(C)(C)C)CCc2ccc(N(C)CC)nc21. The van der Waals surface area contributed by atoms with E-state index in [9.17, 15) is 4.79 Å². The van der Waals surface area contributed by atoms with E-state index in [1.54, 1.807) is 0 Å². The lowest BCUT2D eigenvalue weighted by atomic mass is 9.97. The number of carbonyl (C=O) groups excluding carboxylic acids is 1. The summed E-state index contributed by atoms with van der Waals surface area (Å²) < 4.78 is 5.56. The second-order valence-corrected chi connectivity index (χ2v) is 7.51. The number of carbonyl (C=O) groups is 1. The van der Waals surface area contributed by atoms with Crippen LogP contribution in [0.3, 0.4) is 0 Å². The largest absolute Gasteiger partial charge is 0.444 e. The molecule has 1 aromatic heterocycles. The van der Waals surface area contributed by atoms with Gasteiger partial charge in [0.1, 0.15) is 11.4 Å². The summed E-state index contributed by atoms with van der Waals surface area (Å²) in [5, 5.41) is 0. The van der Waals surface area contributed by atoms with Crippen LogP contribution in [0.15, 0.2) is 12.1 Å². The zero-order chi connectivity index (χ0) is 17.9. The molecule has 0 fully saturated rings. The van der Waals surface area contributed by atoms with E-state index < -0.39 is 5.60 Å². The number of hydrogen-bond acceptors (Lipinski definition) is 4. The first-order valence-corrected chi connectivity index (χ1v) is 8.94. The number of aromatic nitrogens is 1. The quantitative estimate of drug-likeness (QED) is 0.843. The number of rotatable bonds is 3. The lowest BCUT2D eigenvalue weighted by molar-refractivity contribution is 0.0245. The molecule has 1 aromatic rings. The summed E-state index contributed by atoms with van der Waals surface area (Å²) in [5.41, 5.74) is 1.93. The van der Waals surface area contributed by atoms with Crippen LogP contribution in [0.4, 0.5) is 10.6 Å². The van der Waals surface area contributed by atoms with E-state index in [1.165, 1.54) is 5.56 Å². The summed E-state index contributed by atoms with van der Waals surface area (Å²) in [6, 6.07) is 4.25. The fraction of sp³-hybridized carbons (Fsp3) is 0.684. The normalized spacial score (nSPS) is 17.9. The Morgan fingerprint density at radius 2 is 2.08 bits per heavy atom. The third-order valence-electron chi connectivity index (χ3n) is 4.49. The molecule has 5 nitrogen and oxygen atoms in total. The first-order chi connectivity index (χ1) is 11.2. The van der Waals surface area contributed by atoms with E-state index in [-0.39, 0.29) is 12.0 Å². The van der Waals surface area contributed by atoms with Gasteiger partial charge in [0.05, 0.1) is 5.69 Å². The molecular weight excluding hydrogens is 302 g/mol. The van der Waals surface area contributed by atoms with Crippen LogP contribution in [0.1, 0.15) is 58.2 Å². The van der Waals surface area contributed by atoms with Gasteiger partial charge in [-0.05, 0) is 52.2 Å². The molecule has 2 rings (SSSR count). The molecule has 1 aliphatic rings. The molecule has 5 heteroatoms. The van der Waals surface area contributed by atoms with Crippen LogP contribution in [0, 0.1) is 0 Å². The fourth-order valence-corrected chi connectivity index (χ4v) is 2.95. The van der Waals surface area contributed by atoms with Crippen LogP contribution >= 0.6 is 0 Å². The summed E-state index contributed by atoms with van der Waals surface area (Å²) in [6.07, 6.45) is 1.56. The molecule has 134 valence electrons. The van der Waals surface area contributed by atoms with Gasteiger partial charge in [0.2, 0.25) is 0 Å². The summed E-state index contributed by atoms with van der Waals surface area (Å²) >= 11 is 0. The Morgan fingerprint density at radius 1 is 1.38 bits per heavy atom. The fourth-order valence-electron chi connectivity index (χ4n) is 2.95. The summed E-state index contributed by atoms with van der Waals surface area (Å²) in [5.74, 6) is 1.25. The second-order valence-electron chi connectivity index (χ2n) is 7.51. The molecule has 2 heterocycles. The van der Waals surface area contributed by atoms with E-state index >= 15 is 0 Å². The molecule has 1 aliphatic heterocycles. The van der Waals surface area contributed by atoms with Crippen LogP contribution in [-0.2, 0) is 11.2 Å². The van der Waals surface area contributed by atoms with Gasteiger partial charge in [-0.25, -0.2) is 9.78 Å². The summed E-state index contributed by atoms with van der Waals surface area (Å²) in [7, 11) is 2.05. The number of hydrogen-bond donors (Lipinski definition) is 0. The number of anilines is 1. The van der Waals surface area contributed by atoms with E-state index in [2.05, 4.69) is 37.9 Å². The number of ether oxygens (including phenoxy) is 1. The second kappa shape index (κ2) is 7.41. The van der Waals surface area contributed by atoms with Crippen molar-refractivity contribution in [3.05, 3.63) is 23.4 Å². The molecule has 1 unspecified atom stereocenters. The highest BCUT2D eigenvalue weighted by Crippen LogP contribution is 2.29. The number of pyridine rings is 1. The van der Waals surface area contributed by atoms with Gasteiger partial charge < -0.3 is 14.5 Å². The van der Waals surface area contributed by atoms with Gasteiger partial charge in [0.15, 0.2) is 0 Å². The van der Waals surface area contributed by atoms with Crippen molar-refractivity contribution in [1.82, 2.24) is 9.88 Å². The average molecular weight is 333 g/mol. The predicted octanol–water partition coefficient (Wildman–Crippen LogP) is 3.82. The Morgan fingerprint density at radius 3 is 2.67 bits per heavy atom. The van der Waals surface area contributed by atoms with Crippen molar-refractivity contribution in [3.8, 4) is 0 Å². The Labute approximate surface area is 146 Å². The maximum absolute atomic E-state index is 12.5. The minimum Gasteiger partial charge on any atom is -0.444 e. The van der Waals surface area contributed by atoms with Gasteiger partial charge in [-0.2, -0.15) is 0 Å². The molecule has 0 saturated heterocycles. The standard InChI is InChI=1S/C19H31N3O2/c1-7-14-13-22(18(23)24-19(3,4)5)12-11-15-9-10-16(20-17(14)15)21(6)8-2/h9-10,14H,7-8,11-13H2,1-6H3. The van der Waals surface area contributed by atoms with Crippen molar-refractivity contribution < 1.29 is 9.53 Å². The van der Waals surface area contributed by atoms with Gasteiger partial charge in [-0.15, -0.1) is 0 Å². The Bertz CT molecular complexity index is 580. The molecule has 0 bridgehead atoms. The molecule has 24 heavy (non-hydrogen) atoms. The van der Waals surface area contributed by atoms with Gasteiger partial charge in [-0.3, -0.25) is 0 Å². The first-order valence-electron chi connectivity index (χ1n) is 8.94. The van der Waals surface area contributed by atoms with E-state index in [1.807, 2.05) is 25.7 Å². The van der Waals surface area contributed by atoms with E-state index in [0.29, 0.717) is 13.1 Å². The lowest BCUT2D eigenvalue weighted by Crippen LogP contribution is -2.39. The Balaban J connectivity index is 2.24. The highest BCUT2D eigenvalue weighted by atomic mass is 16.6. The van der Waals surface area contributed by atoms with Crippen LogP contribution in [0.5, 0.6) is 0 Å². The van der Waals surface area contributed by atoms with Crippen molar-refractivity contribution in [3.63, 3.8) is 0 Å². The van der Waals surface area contributed by atoms with Crippen molar-refractivity contribution in [2.75, 3.05) is 31.6 Å². The first kappa shape index (κ1) is 18.6. The number of amides is 1. The average Bonchev–Trinajstić information content (AvgIpc) is 2.71.